The number of rotatable bonds is 17. The van der Waals surface area contributed by atoms with Crippen LogP contribution in [0.1, 0.15) is 229 Å². The van der Waals surface area contributed by atoms with Gasteiger partial charge in [0.2, 0.25) is 0 Å². The molecule has 714 valence electrons. The molecule has 17 fully saturated rings. The summed E-state index contributed by atoms with van der Waals surface area (Å²) in [4.78, 5) is 8.90. The van der Waals surface area contributed by atoms with Gasteiger partial charge in [0.05, 0.1) is 63.3 Å². The van der Waals surface area contributed by atoms with E-state index in [1.54, 1.807) is 0 Å². The highest BCUT2D eigenvalue weighted by molar-refractivity contribution is 9.08. The molecule has 8 bridgehead atoms. The van der Waals surface area contributed by atoms with E-state index in [0.717, 1.165) is 80.2 Å². The summed E-state index contributed by atoms with van der Waals surface area (Å²) >= 11 is 10.1. The van der Waals surface area contributed by atoms with Crippen LogP contribution in [0.2, 0.25) is 39.3 Å². The molecule has 5 aliphatic heterocycles. The fraction of sp³-hybridized carbons (Fsp3) is 0.648. The van der Waals surface area contributed by atoms with Crippen molar-refractivity contribution in [3.8, 4) is 0 Å². The van der Waals surface area contributed by atoms with Crippen LogP contribution in [-0.2, 0) is 88.6 Å². The fourth-order valence-corrected chi connectivity index (χ4v) is 36.3. The van der Waals surface area contributed by atoms with Gasteiger partial charge in [-0.2, -0.15) is 13.2 Å². The maximum atomic E-state index is 10.6. The number of halogens is 5. The van der Waals surface area contributed by atoms with E-state index in [1.165, 1.54) is 98.9 Å². The average Bonchev–Trinajstić information content (AvgIpc) is 1.59. The first-order valence-corrected chi connectivity index (χ1v) is 57.2. The number of aliphatic carboxylic acids is 1. The molecule has 3 N–H and O–H groups in total. The van der Waals surface area contributed by atoms with E-state index in [9.17, 15) is 13.2 Å². The van der Waals surface area contributed by atoms with Gasteiger partial charge in [-0.1, -0.05) is 290 Å². The predicted octanol–water partition coefficient (Wildman–Crippen LogP) is 24.2. The standard InChI is InChI=1S/C25H44BNO2Si2.C19H26BClO2.C19H28BNO2.C18H25BO2.C14H21BO2.C8H9Br.C2HF3O2/c1-18-11-13-19(14-12-18)15-23(27(30(5,6)7)31(8,9)10)26-28-22-17-20-16-21(24(20,2)3)25(22,4)29-26;2*1-12-5-7-13(8-6-12)9-17(21)20-22-16-11-14-10-15(18(14,2)3)19(16,4)23-20;1-12-5-7-13(8-6-12)11-19-20-16-10-14-9-15(17(14,2)3)18(16,4)21-19;1-11-6-8-12(9-7-11)10-15-16-13(2,3)14(4,5)17-15;1-7-2-4-8(6-9)5-3-7;3-2(4,5)1(6)7/h11-14,20-23H,15-17H2,1-10H3;5-8,14-17H,9-11H2,1-4H3;5-8,14-17H,9-11,21H2,1-4H3;5-8,14-16H,9-11H2,1-4H3;6-9H,10H2,1-5H3;2-5H,6H2,1H3;(H,6,7)/t20-,21-,22+,23-,25-;14-,15-,16+,17+,19-;14-,15-,16+,17-,19-;14-,15-,16+,18-;;;/m0000.../s1. The molecule has 5 saturated heterocycles. The van der Waals surface area contributed by atoms with Gasteiger partial charge in [-0.3, -0.25) is 0 Å². The van der Waals surface area contributed by atoms with Crippen LogP contribution in [-0.4, -0.2) is 149 Å². The highest BCUT2D eigenvalue weighted by atomic mass is 79.9. The van der Waals surface area contributed by atoms with Crippen LogP contribution in [0.4, 0.5) is 13.2 Å². The van der Waals surface area contributed by atoms with E-state index in [-0.39, 0.29) is 105 Å². The molecule has 0 spiro atoms. The highest BCUT2D eigenvalue weighted by Crippen LogP contribution is 2.70. The number of nitrogens with two attached hydrogens (primary N) is 1. The molecule has 26 heteroatoms. The summed E-state index contributed by atoms with van der Waals surface area (Å²) in [5.74, 6) is 3.03. The van der Waals surface area contributed by atoms with Crippen LogP contribution in [0.25, 0.3) is 0 Å². The Kier molecular flexibility index (Phi) is 31.0. The molecule has 5 heterocycles. The molecule has 131 heavy (non-hydrogen) atoms. The van der Waals surface area contributed by atoms with E-state index >= 15 is 0 Å². The van der Waals surface area contributed by atoms with Crippen molar-refractivity contribution in [2.45, 2.75) is 362 Å². The van der Waals surface area contributed by atoms with Crippen LogP contribution in [0.5, 0.6) is 0 Å². The minimum atomic E-state index is -5.08. The molecule has 23 rings (SSSR count). The van der Waals surface area contributed by atoms with E-state index < -0.39 is 28.6 Å². The Morgan fingerprint density at radius 2 is 0.672 bits per heavy atom. The van der Waals surface area contributed by atoms with Gasteiger partial charge in [-0.15, -0.1) is 11.6 Å². The number of carbonyl (C=O) groups is 1. The number of alkyl halides is 5. The average molecular weight is 1920 g/mol. The molecule has 0 unspecified atom stereocenters. The van der Waals surface area contributed by atoms with E-state index in [4.69, 9.17) is 73.8 Å². The van der Waals surface area contributed by atoms with Gasteiger partial charge in [0.15, 0.2) is 0 Å². The lowest BCUT2D eigenvalue weighted by Crippen LogP contribution is -2.68. The molecule has 6 aromatic rings. The predicted molar refractivity (Wildman–Crippen MR) is 538 cm³/mol. The fourth-order valence-electron chi connectivity index (χ4n) is 25.2. The Balaban J connectivity index is 0.000000135. The van der Waals surface area contributed by atoms with Crippen molar-refractivity contribution < 1.29 is 69.6 Å². The Morgan fingerprint density at radius 1 is 0.405 bits per heavy atom. The quantitative estimate of drug-likeness (QED) is 0.0656. The van der Waals surface area contributed by atoms with Gasteiger partial charge in [0.25, 0.3) is 0 Å². The van der Waals surface area contributed by atoms with Crippen LogP contribution in [0.15, 0.2) is 146 Å². The molecule has 0 aromatic heterocycles. The first-order chi connectivity index (χ1) is 60.7. The summed E-state index contributed by atoms with van der Waals surface area (Å²) in [7, 11) is -4.09. The molecule has 14 nitrogen and oxygen atoms in total. The second-order valence-electron chi connectivity index (χ2n) is 47.4. The third-order valence-corrected chi connectivity index (χ3v) is 42.8. The Bertz CT molecular complexity index is 4730. The molecule has 0 radical (unpaired) electrons. The molecule has 0 amide bonds. The molecule has 19 atom stereocenters. The van der Waals surface area contributed by atoms with Crippen molar-refractivity contribution in [1.29, 1.82) is 0 Å². The summed E-state index contributed by atoms with van der Waals surface area (Å²) in [5.41, 5.74) is 22.6. The summed E-state index contributed by atoms with van der Waals surface area (Å²) in [6.45, 7) is 64.4. The second kappa shape index (κ2) is 39.0. The first-order valence-electron chi connectivity index (χ1n) is 48.8. The largest absolute Gasteiger partial charge is 0.490 e. The number of aryl methyl sites for hydroxylation is 6. The lowest BCUT2D eigenvalue weighted by Gasteiger charge is -2.64. The smallest absolute Gasteiger partial charge is 0.475 e. The van der Waals surface area contributed by atoms with Gasteiger partial charge < -0.3 is 61.6 Å². The molecular weight excluding hydrogens is 1760 g/mol. The summed E-state index contributed by atoms with van der Waals surface area (Å²) in [5, 5.41) is 7.94. The molecule has 6 aromatic carbocycles. The number of hydrogen-bond donors (Lipinski definition) is 2. The lowest BCUT2D eigenvalue weighted by atomic mass is 9.43. The van der Waals surface area contributed by atoms with Crippen molar-refractivity contribution in [3.63, 3.8) is 0 Å². The molecule has 12 aliphatic carbocycles. The van der Waals surface area contributed by atoms with Crippen molar-refractivity contribution in [1.82, 2.24) is 4.23 Å². The summed E-state index contributed by atoms with van der Waals surface area (Å²) < 4.78 is 98.7. The maximum absolute atomic E-state index is 10.6. The summed E-state index contributed by atoms with van der Waals surface area (Å²) in [6.07, 6.45) is 9.91. The van der Waals surface area contributed by atoms with E-state index in [2.05, 4.69) is 357 Å². The monoisotopic (exact) mass is 1920 g/mol. The summed E-state index contributed by atoms with van der Waals surface area (Å²) in [6, 6.07) is 52.0. The minimum Gasteiger partial charge on any atom is -0.475 e. The van der Waals surface area contributed by atoms with Gasteiger partial charge in [0, 0.05) is 29.9 Å². The van der Waals surface area contributed by atoms with Gasteiger partial charge in [-0.25, -0.2) is 4.79 Å². The van der Waals surface area contributed by atoms with E-state index in [0.29, 0.717) is 51.4 Å². The third kappa shape index (κ3) is 22.1. The zero-order chi connectivity index (χ0) is 96.1. The second-order valence-corrected chi connectivity index (χ2v) is 58.6. The SMILES string of the molecule is Cc1ccc(CB2OC(C)(C)C(C)(C)O2)cc1.Cc1ccc(CB2O[C@@H]3C[C@@H]4C[C@@H](C4(C)C)[C@]3(C)O2)cc1.Cc1ccc(CBr)cc1.Cc1ccc(C[C@@H](B2O[C@@H]3C[C@@H]4C[C@@H](C4(C)C)[C@]3(C)O2)N([Si](C)(C)C)[Si](C)(C)C)cc1.Cc1ccc(C[C@@H](Cl)B2O[C@@H]3C[C@@H]4C[C@@H](C4(C)C)[C@]3(C)O2)cc1.Cc1ccc(C[C@H](N)B2O[C@@H]3C[C@@H]4C[C@@H](C4(C)C)[C@]3(C)O2)cc1.O=C(O)C(F)(F)F. The number of carboxylic acids is 1. The lowest BCUT2D eigenvalue weighted by molar-refractivity contribution is -0.199. The number of nitrogens with zero attached hydrogens (tertiary/aromatic N) is 1. The Morgan fingerprint density at radius 3 is 0.992 bits per heavy atom. The van der Waals surface area contributed by atoms with Crippen LogP contribution in [0, 0.1) is 111 Å². The molecular formula is C105H154B5BrClF3N2O12Si2. The number of hydrogen-bond acceptors (Lipinski definition) is 13. The first kappa shape index (κ1) is 104. The van der Waals surface area contributed by atoms with Gasteiger partial charge >= 0.3 is 47.7 Å². The van der Waals surface area contributed by atoms with Crippen molar-refractivity contribution in [2.24, 2.45) is 74.7 Å². The Labute approximate surface area is 802 Å². The third-order valence-electron chi connectivity index (χ3n) is 34.2. The minimum absolute atomic E-state index is 0.0714. The topological polar surface area (TPSA) is 159 Å². The zero-order valence-corrected chi connectivity index (χ0v) is 88.5. The van der Waals surface area contributed by atoms with Gasteiger partial charge in [0.1, 0.15) is 16.5 Å². The van der Waals surface area contributed by atoms with Crippen molar-refractivity contribution >= 4 is 85.6 Å². The molecule has 12 saturated carbocycles. The van der Waals surface area contributed by atoms with E-state index in [1.807, 2.05) is 0 Å². The Hall–Kier alpha value is -4.37. The number of benzene rings is 6. The van der Waals surface area contributed by atoms with Crippen LogP contribution in [0.3, 0.4) is 0 Å². The van der Waals surface area contributed by atoms with Crippen LogP contribution >= 0.6 is 27.5 Å². The van der Waals surface area contributed by atoms with Gasteiger partial charge in [-0.05, 0) is 270 Å². The number of carboxylic acid groups (broad SMARTS) is 1. The van der Waals surface area contributed by atoms with Crippen molar-refractivity contribution in [2.75, 3.05) is 0 Å². The highest BCUT2D eigenvalue weighted by Gasteiger charge is 2.73. The zero-order valence-electron chi connectivity index (χ0n) is 84.2. The maximum Gasteiger partial charge on any atom is 0.490 e. The molecule has 17 aliphatic rings. The normalized spacial score (nSPS) is 32.0. The van der Waals surface area contributed by atoms with Crippen molar-refractivity contribution in [3.05, 3.63) is 212 Å². The van der Waals surface area contributed by atoms with Crippen LogP contribution < -0.4 is 5.73 Å².